The normalized spacial score (nSPS) is 10.9. The molecule has 0 fully saturated rings. The number of hydrogen-bond donors (Lipinski definition) is 2. The van der Waals surface area contributed by atoms with Gasteiger partial charge in [0, 0.05) is 19.6 Å². The summed E-state index contributed by atoms with van der Waals surface area (Å²) in [5.74, 6) is -0.448. The van der Waals surface area contributed by atoms with Crippen LogP contribution < -0.4 is 14.8 Å². The third-order valence-corrected chi connectivity index (χ3v) is 5.88. The first-order valence-electron chi connectivity index (χ1n) is 9.66. The lowest BCUT2D eigenvalue weighted by molar-refractivity contribution is 0.0773. The molecule has 30 heavy (non-hydrogen) atoms. The lowest BCUT2D eigenvalue weighted by Crippen LogP contribution is -2.31. The number of methoxy groups -OCH3 is 1. The van der Waals surface area contributed by atoms with Crippen LogP contribution >= 0.6 is 0 Å². The summed E-state index contributed by atoms with van der Waals surface area (Å²) < 4.78 is 33.7. The number of rotatable bonds is 9. The Balaban J connectivity index is 2.44. The van der Waals surface area contributed by atoms with E-state index in [-0.39, 0.29) is 33.4 Å². The van der Waals surface area contributed by atoms with Crippen LogP contribution in [0, 0.1) is 0 Å². The third-order valence-electron chi connectivity index (χ3n) is 4.52. The maximum Gasteiger partial charge on any atom is 0.261 e. The van der Waals surface area contributed by atoms with Gasteiger partial charge in [-0.05, 0) is 51.1 Å². The van der Waals surface area contributed by atoms with E-state index in [0.29, 0.717) is 19.6 Å². The standard InChI is InChI=1S/C21H27N3O5S/c1-5-22-20(25)17-14-15(12-13-19(17)29-4)30(27,28)23-18-11-9-8-10-16(18)21(26)24(6-2)7-3/h8-14,23H,5-7H2,1-4H3,(H,22,25). The number of carbonyl (C=O) groups is 2. The largest absolute Gasteiger partial charge is 0.496 e. The predicted molar refractivity (Wildman–Crippen MR) is 116 cm³/mol. The Morgan fingerprint density at radius 2 is 1.67 bits per heavy atom. The molecule has 2 rings (SSSR count). The molecule has 9 heteroatoms. The van der Waals surface area contributed by atoms with Crippen molar-refractivity contribution in [3.8, 4) is 5.75 Å². The summed E-state index contributed by atoms with van der Waals surface area (Å²) in [7, 11) is -2.66. The van der Waals surface area contributed by atoms with Crippen LogP contribution in [0.3, 0.4) is 0 Å². The third kappa shape index (κ3) is 5.10. The summed E-state index contributed by atoms with van der Waals surface area (Å²) in [6, 6.07) is 10.4. The molecule has 0 aromatic heterocycles. The molecule has 0 spiro atoms. The Morgan fingerprint density at radius 3 is 2.27 bits per heavy atom. The number of hydrogen-bond acceptors (Lipinski definition) is 5. The van der Waals surface area contributed by atoms with E-state index in [1.54, 1.807) is 30.0 Å². The fraction of sp³-hybridized carbons (Fsp3) is 0.333. The number of sulfonamides is 1. The van der Waals surface area contributed by atoms with Crippen LogP contribution in [0.25, 0.3) is 0 Å². The molecule has 0 aliphatic heterocycles. The monoisotopic (exact) mass is 433 g/mol. The van der Waals surface area contributed by atoms with Gasteiger partial charge in [0.25, 0.3) is 21.8 Å². The SMILES string of the molecule is CCNC(=O)c1cc(S(=O)(=O)Nc2ccccc2C(=O)N(CC)CC)ccc1OC. The fourth-order valence-corrected chi connectivity index (χ4v) is 4.04. The second-order valence-corrected chi connectivity index (χ2v) is 8.03. The molecule has 0 unspecified atom stereocenters. The zero-order valence-corrected chi connectivity index (χ0v) is 18.4. The van der Waals surface area contributed by atoms with Crippen LogP contribution in [-0.4, -0.2) is 51.9 Å². The van der Waals surface area contributed by atoms with E-state index in [1.165, 1.54) is 31.4 Å². The van der Waals surface area contributed by atoms with Crippen molar-refractivity contribution in [2.45, 2.75) is 25.7 Å². The van der Waals surface area contributed by atoms with Gasteiger partial charge < -0.3 is 15.0 Å². The second-order valence-electron chi connectivity index (χ2n) is 6.35. The summed E-state index contributed by atoms with van der Waals surface area (Å²) in [4.78, 5) is 26.5. The number of benzene rings is 2. The first-order valence-corrected chi connectivity index (χ1v) is 11.1. The average molecular weight is 434 g/mol. The molecule has 2 amide bonds. The minimum atomic E-state index is -4.06. The zero-order valence-electron chi connectivity index (χ0n) is 17.6. The molecule has 162 valence electrons. The van der Waals surface area contributed by atoms with E-state index in [4.69, 9.17) is 4.74 Å². The number of ether oxygens (including phenoxy) is 1. The molecule has 0 aliphatic carbocycles. The van der Waals surface area contributed by atoms with Crippen molar-refractivity contribution in [2.75, 3.05) is 31.5 Å². The van der Waals surface area contributed by atoms with E-state index in [1.807, 2.05) is 13.8 Å². The highest BCUT2D eigenvalue weighted by Crippen LogP contribution is 2.26. The van der Waals surface area contributed by atoms with Crippen LogP contribution in [0.5, 0.6) is 5.75 Å². The first kappa shape index (κ1) is 23.2. The molecule has 0 saturated heterocycles. The van der Waals surface area contributed by atoms with Gasteiger partial charge >= 0.3 is 0 Å². The first-order chi connectivity index (χ1) is 14.3. The van der Waals surface area contributed by atoms with Crippen LogP contribution in [0.2, 0.25) is 0 Å². The highest BCUT2D eigenvalue weighted by Gasteiger charge is 2.23. The van der Waals surface area contributed by atoms with Crippen molar-refractivity contribution < 1.29 is 22.7 Å². The van der Waals surface area contributed by atoms with Crippen molar-refractivity contribution in [1.29, 1.82) is 0 Å². The van der Waals surface area contributed by atoms with Crippen LogP contribution in [0.4, 0.5) is 5.69 Å². The minimum absolute atomic E-state index is 0.106. The number of nitrogens with zero attached hydrogens (tertiary/aromatic N) is 1. The highest BCUT2D eigenvalue weighted by molar-refractivity contribution is 7.92. The van der Waals surface area contributed by atoms with Crippen LogP contribution in [0.15, 0.2) is 47.4 Å². The molecule has 8 nitrogen and oxygen atoms in total. The van der Waals surface area contributed by atoms with Gasteiger partial charge in [0.1, 0.15) is 5.75 Å². The van der Waals surface area contributed by atoms with Gasteiger partial charge in [-0.3, -0.25) is 14.3 Å². The summed E-state index contributed by atoms with van der Waals surface area (Å²) in [6.45, 7) is 6.87. The molecule has 2 aromatic carbocycles. The van der Waals surface area contributed by atoms with Crippen molar-refractivity contribution in [2.24, 2.45) is 0 Å². The maximum absolute atomic E-state index is 13.0. The van der Waals surface area contributed by atoms with Gasteiger partial charge in [0.2, 0.25) is 0 Å². The van der Waals surface area contributed by atoms with E-state index in [2.05, 4.69) is 10.0 Å². The summed E-state index contributed by atoms with van der Waals surface area (Å²) in [5.41, 5.74) is 0.529. The fourth-order valence-electron chi connectivity index (χ4n) is 2.93. The lowest BCUT2D eigenvalue weighted by Gasteiger charge is -2.21. The van der Waals surface area contributed by atoms with Gasteiger partial charge in [0.05, 0.1) is 28.8 Å². The molecular weight excluding hydrogens is 406 g/mol. The van der Waals surface area contributed by atoms with Gasteiger partial charge in [-0.1, -0.05) is 12.1 Å². The number of carbonyl (C=O) groups excluding carboxylic acids is 2. The Hall–Kier alpha value is -3.07. The van der Waals surface area contributed by atoms with E-state index < -0.39 is 15.9 Å². The summed E-state index contributed by atoms with van der Waals surface area (Å²) in [5, 5.41) is 2.63. The van der Waals surface area contributed by atoms with Crippen molar-refractivity contribution in [3.05, 3.63) is 53.6 Å². The van der Waals surface area contributed by atoms with Gasteiger partial charge in [-0.25, -0.2) is 8.42 Å². The Kier molecular flexibility index (Phi) is 7.82. The second kappa shape index (κ2) is 10.1. The molecule has 2 aromatic rings. The minimum Gasteiger partial charge on any atom is -0.496 e. The predicted octanol–water partition coefficient (Wildman–Crippen LogP) is 2.73. The molecule has 0 aliphatic rings. The Bertz CT molecular complexity index is 1020. The molecule has 0 saturated carbocycles. The van der Waals surface area contributed by atoms with Crippen LogP contribution in [0.1, 0.15) is 41.5 Å². The average Bonchev–Trinajstić information content (AvgIpc) is 2.74. The van der Waals surface area contributed by atoms with Crippen molar-refractivity contribution in [1.82, 2.24) is 10.2 Å². The molecule has 0 radical (unpaired) electrons. The van der Waals surface area contributed by atoms with E-state index >= 15 is 0 Å². The van der Waals surface area contributed by atoms with Gasteiger partial charge in [0.15, 0.2) is 0 Å². The number of para-hydroxylation sites is 1. The van der Waals surface area contributed by atoms with Crippen molar-refractivity contribution in [3.63, 3.8) is 0 Å². The molecular formula is C21H27N3O5S. The number of nitrogens with one attached hydrogen (secondary N) is 2. The number of anilines is 1. The Labute approximate surface area is 177 Å². The maximum atomic E-state index is 13.0. The summed E-state index contributed by atoms with van der Waals surface area (Å²) >= 11 is 0. The molecule has 0 atom stereocenters. The van der Waals surface area contributed by atoms with Gasteiger partial charge in [-0.15, -0.1) is 0 Å². The van der Waals surface area contributed by atoms with Crippen LogP contribution in [-0.2, 0) is 10.0 Å². The molecule has 0 heterocycles. The summed E-state index contributed by atoms with van der Waals surface area (Å²) in [6.07, 6.45) is 0. The topological polar surface area (TPSA) is 105 Å². The Morgan fingerprint density at radius 1 is 1.00 bits per heavy atom. The highest BCUT2D eigenvalue weighted by atomic mass is 32.2. The molecule has 0 bridgehead atoms. The smallest absolute Gasteiger partial charge is 0.261 e. The van der Waals surface area contributed by atoms with E-state index in [9.17, 15) is 18.0 Å². The molecule has 2 N–H and O–H groups in total. The van der Waals surface area contributed by atoms with Gasteiger partial charge in [-0.2, -0.15) is 0 Å². The van der Waals surface area contributed by atoms with E-state index in [0.717, 1.165) is 0 Å². The zero-order chi connectivity index (χ0) is 22.3. The number of amides is 2. The quantitative estimate of drug-likeness (QED) is 0.633. The van der Waals surface area contributed by atoms with Crippen molar-refractivity contribution >= 4 is 27.5 Å². The lowest BCUT2D eigenvalue weighted by atomic mass is 10.1.